The molecular weight excluding hydrogens is 1020 g/mol. The van der Waals surface area contributed by atoms with Crippen molar-refractivity contribution in [1.82, 2.24) is 4.98 Å². The quantitative estimate of drug-likeness (QED) is 0.0113. The second-order valence-electron chi connectivity index (χ2n) is 19.3. The lowest BCUT2D eigenvalue weighted by molar-refractivity contribution is -0.384. The van der Waals surface area contributed by atoms with Gasteiger partial charge in [-0.3, -0.25) is 34.1 Å². The van der Waals surface area contributed by atoms with Crippen molar-refractivity contribution in [2.24, 2.45) is 23.7 Å². The fourth-order valence-corrected chi connectivity index (χ4v) is 10.1. The molecule has 0 amide bonds. The highest BCUT2D eigenvalue weighted by Crippen LogP contribution is 2.43. The van der Waals surface area contributed by atoms with Crippen LogP contribution in [0.1, 0.15) is 116 Å². The van der Waals surface area contributed by atoms with Crippen molar-refractivity contribution in [2.45, 2.75) is 116 Å². The molecule has 1 aromatic heterocycles. The number of nitro groups is 1. The fraction of sp³-hybridized carbons (Fsp3) is 0.441. The average Bonchev–Trinajstić information content (AvgIpc) is 3.99. The number of rotatable bonds is 28. The monoisotopic (exact) mass is 1090 g/mol. The molecule has 78 heavy (non-hydrogen) atoms. The summed E-state index contributed by atoms with van der Waals surface area (Å²) in [6.45, 7) is 7.00. The Hall–Kier alpha value is -7.67. The van der Waals surface area contributed by atoms with Gasteiger partial charge in [0.1, 0.15) is 38.2 Å². The van der Waals surface area contributed by atoms with Crippen molar-refractivity contribution in [3.05, 3.63) is 108 Å². The summed E-state index contributed by atoms with van der Waals surface area (Å²) in [5.41, 5.74) is 0.743. The van der Waals surface area contributed by atoms with Crippen molar-refractivity contribution >= 4 is 63.1 Å². The topological polar surface area (TPSA) is 232 Å². The second kappa shape index (κ2) is 29.7. The molecule has 2 aliphatic carbocycles. The fourth-order valence-electron chi connectivity index (χ4n) is 9.11. The summed E-state index contributed by atoms with van der Waals surface area (Å²) >= 11 is 1.18. The number of benzene rings is 4. The molecule has 2 saturated carbocycles. The Kier molecular flexibility index (Phi) is 22.1. The van der Waals surface area contributed by atoms with Crippen LogP contribution in [0.5, 0.6) is 34.5 Å². The van der Waals surface area contributed by atoms with E-state index in [1.54, 1.807) is 73.7 Å². The number of nitro benzene ring substituents is 1. The van der Waals surface area contributed by atoms with Gasteiger partial charge in [-0.15, -0.1) is 11.3 Å². The predicted octanol–water partition coefficient (Wildman–Crippen LogP) is 12.1. The van der Waals surface area contributed by atoms with E-state index in [-0.39, 0.29) is 40.6 Å². The molecular formula is C59H66N2O16S. The first-order valence-electron chi connectivity index (χ1n) is 26.8. The number of carbonyl (C=O) groups is 6. The van der Waals surface area contributed by atoms with Crippen LogP contribution in [0.2, 0.25) is 0 Å². The first kappa shape index (κ1) is 58.0. The molecule has 0 radical (unpaired) electrons. The molecule has 7 rings (SSSR count). The number of thiazole rings is 1. The van der Waals surface area contributed by atoms with Crippen LogP contribution in [-0.2, 0) is 38.2 Å². The molecule has 0 spiro atoms. The third-order valence-electron chi connectivity index (χ3n) is 13.7. The van der Waals surface area contributed by atoms with Gasteiger partial charge >= 0.3 is 35.8 Å². The zero-order chi connectivity index (χ0) is 55.2. The summed E-state index contributed by atoms with van der Waals surface area (Å²) < 4.78 is 45.6. The van der Waals surface area contributed by atoms with E-state index in [2.05, 4.69) is 6.58 Å². The van der Waals surface area contributed by atoms with E-state index in [9.17, 15) is 38.9 Å². The minimum atomic E-state index is -0.501. The molecule has 0 atom stereocenters. The van der Waals surface area contributed by atoms with Crippen LogP contribution in [0.25, 0.3) is 20.8 Å². The minimum Gasteiger partial charge on any atom is -0.494 e. The zero-order valence-electron chi connectivity index (χ0n) is 43.9. The summed E-state index contributed by atoms with van der Waals surface area (Å²) in [4.78, 5) is 91.9. The van der Waals surface area contributed by atoms with Crippen LogP contribution >= 0.6 is 11.3 Å². The average molecular weight is 1090 g/mol. The van der Waals surface area contributed by atoms with Gasteiger partial charge < -0.3 is 37.9 Å². The summed E-state index contributed by atoms with van der Waals surface area (Å²) in [6, 6.07) is 22.7. The Labute approximate surface area is 456 Å². The van der Waals surface area contributed by atoms with Crippen LogP contribution in [-0.4, -0.2) is 72.2 Å². The lowest BCUT2D eigenvalue weighted by atomic mass is 9.82. The number of hydrogen-bond donors (Lipinski definition) is 0. The summed E-state index contributed by atoms with van der Waals surface area (Å²) in [7, 11) is 0. The van der Waals surface area contributed by atoms with Crippen molar-refractivity contribution in [3.63, 3.8) is 0 Å². The molecule has 19 heteroatoms. The van der Waals surface area contributed by atoms with Gasteiger partial charge in [-0.1, -0.05) is 13.5 Å². The summed E-state index contributed by atoms with van der Waals surface area (Å²) in [6.07, 6.45) is 11.8. The highest BCUT2D eigenvalue weighted by Gasteiger charge is 2.35. The lowest BCUT2D eigenvalue weighted by Crippen LogP contribution is -2.30. The smallest absolute Gasteiger partial charge is 0.330 e. The van der Waals surface area contributed by atoms with Gasteiger partial charge in [0.25, 0.3) is 5.69 Å². The number of carbonyl (C=O) groups excluding carboxylic acids is 6. The maximum Gasteiger partial charge on any atom is 0.330 e. The Morgan fingerprint density at radius 1 is 0.551 bits per heavy atom. The number of esters is 6. The third-order valence-corrected chi connectivity index (χ3v) is 14.8. The number of nitrogens with zero attached hydrogens (tertiary/aromatic N) is 2. The summed E-state index contributed by atoms with van der Waals surface area (Å²) in [5, 5.41) is 11.8. The molecule has 1 heterocycles. The second-order valence-corrected chi connectivity index (χ2v) is 20.3. The van der Waals surface area contributed by atoms with E-state index in [1.165, 1.54) is 29.5 Å². The molecule has 5 aromatic rings. The Morgan fingerprint density at radius 3 is 1.41 bits per heavy atom. The highest BCUT2D eigenvalue weighted by atomic mass is 32.1. The SMILES string of the molecule is C=CC(=O)OCCCCCCOc1ccc(OC(=O)C2CCC(C(=O)Oc3ccc(OC(=O)C4CCC(C(=O)Oc5ccc(OCCCCCCOC(=O)CC)cc5)CC4)c4nc(-c5ccc([N+](=O)[O-])cc5)sc34)CC2)cc1. The molecule has 0 N–H and O–H groups in total. The molecule has 18 nitrogen and oxygen atoms in total. The van der Waals surface area contributed by atoms with E-state index in [0.717, 1.165) is 57.4 Å². The van der Waals surface area contributed by atoms with Gasteiger partial charge in [0.2, 0.25) is 0 Å². The third kappa shape index (κ3) is 17.4. The first-order valence-corrected chi connectivity index (χ1v) is 27.6. The predicted molar refractivity (Wildman–Crippen MR) is 288 cm³/mol. The van der Waals surface area contributed by atoms with Crippen molar-refractivity contribution in [1.29, 1.82) is 0 Å². The van der Waals surface area contributed by atoms with Crippen molar-refractivity contribution < 1.29 is 71.6 Å². The molecule has 0 saturated heterocycles. The molecule has 0 aliphatic heterocycles. The minimum absolute atomic E-state index is 0.0956. The first-order chi connectivity index (χ1) is 37.9. The molecule has 0 unspecified atom stereocenters. The Balaban J connectivity index is 0.876. The number of fused-ring (bicyclic) bond motifs is 1. The van der Waals surface area contributed by atoms with Gasteiger partial charge in [-0.05, 0) is 176 Å². The normalized spacial score (nSPS) is 17.0. The highest BCUT2D eigenvalue weighted by molar-refractivity contribution is 7.22. The molecule has 4 aromatic carbocycles. The van der Waals surface area contributed by atoms with Crippen molar-refractivity contribution in [3.8, 4) is 45.1 Å². The molecule has 2 aliphatic rings. The van der Waals surface area contributed by atoms with Crippen LogP contribution in [0.3, 0.4) is 0 Å². The Bertz CT molecular complexity index is 2830. The van der Waals surface area contributed by atoms with Crippen LogP contribution in [0.15, 0.2) is 97.6 Å². The number of unbranched alkanes of at least 4 members (excludes halogenated alkanes) is 6. The van der Waals surface area contributed by atoms with Gasteiger partial charge in [-0.2, -0.15) is 0 Å². The summed E-state index contributed by atoms with van der Waals surface area (Å²) in [5.74, 6) is -1.71. The molecule has 2 fully saturated rings. The number of hydrogen-bond acceptors (Lipinski definition) is 18. The van der Waals surface area contributed by atoms with Crippen LogP contribution in [0, 0.1) is 33.8 Å². The number of ether oxygens (including phenoxy) is 8. The van der Waals surface area contributed by atoms with Crippen LogP contribution < -0.4 is 28.4 Å². The van der Waals surface area contributed by atoms with E-state index >= 15 is 0 Å². The van der Waals surface area contributed by atoms with Gasteiger partial charge in [0, 0.05) is 30.2 Å². The zero-order valence-corrected chi connectivity index (χ0v) is 44.7. The maximum atomic E-state index is 13.7. The van der Waals surface area contributed by atoms with E-state index in [1.807, 2.05) is 0 Å². The standard InChI is InChI=1S/C59H66N2O16S/c1-3-51(62)72-37-11-7-5-9-35-70-45-25-29-47(30-26-45)74-56(64)40-13-17-42(18-14-40)58(66)76-49-33-34-50(54-53(49)60-55(78-54)39-21-23-44(24-22-39)61(68)69)77-59(67)43-19-15-41(16-20-43)57(65)75-48-31-27-46(28-32-48)71-36-10-6-8-12-38-73-52(63)4-2/h4,21-34,40-43H,2-3,5-20,35-38H2,1H3. The Morgan fingerprint density at radius 2 is 0.962 bits per heavy atom. The molecule has 414 valence electrons. The van der Waals surface area contributed by atoms with Crippen LogP contribution in [0.4, 0.5) is 5.69 Å². The lowest BCUT2D eigenvalue weighted by Gasteiger charge is -2.26. The van der Waals surface area contributed by atoms with Gasteiger partial charge in [0.15, 0.2) is 11.5 Å². The number of non-ortho nitro benzene ring substituents is 1. The van der Waals surface area contributed by atoms with E-state index in [0.29, 0.717) is 122 Å². The van der Waals surface area contributed by atoms with Crippen molar-refractivity contribution in [2.75, 3.05) is 26.4 Å². The number of aromatic nitrogens is 1. The van der Waals surface area contributed by atoms with Gasteiger partial charge in [-0.25, -0.2) is 9.78 Å². The van der Waals surface area contributed by atoms with E-state index in [4.69, 9.17) is 42.9 Å². The largest absolute Gasteiger partial charge is 0.494 e. The molecule has 0 bridgehead atoms. The maximum absolute atomic E-state index is 13.7. The van der Waals surface area contributed by atoms with Gasteiger partial charge in [0.05, 0.1) is 55.0 Å². The van der Waals surface area contributed by atoms with E-state index < -0.39 is 46.5 Å².